The van der Waals surface area contributed by atoms with E-state index in [0.29, 0.717) is 18.7 Å². The molecule has 21 heavy (non-hydrogen) atoms. The largest absolute Gasteiger partial charge is 0.391 e. The van der Waals surface area contributed by atoms with Gasteiger partial charge in [-0.15, -0.1) is 12.4 Å². The molecule has 0 spiro atoms. The molecule has 6 heteroatoms. The number of rotatable bonds is 6. The number of halogens is 1. The highest BCUT2D eigenvalue weighted by Crippen LogP contribution is 2.13. The second-order valence-electron chi connectivity index (χ2n) is 5.03. The Balaban J connectivity index is 0.00000220. The van der Waals surface area contributed by atoms with Crippen molar-refractivity contribution >= 4 is 30.1 Å². The number of β-amino-alcohol motifs (C(OH)–C–C–N with tert-alkyl or cyclic N) is 1. The summed E-state index contributed by atoms with van der Waals surface area (Å²) in [6.07, 6.45) is -0.358. The van der Waals surface area contributed by atoms with Crippen LogP contribution in [-0.2, 0) is 5.75 Å². The van der Waals surface area contributed by atoms with Crippen molar-refractivity contribution in [1.82, 2.24) is 10.6 Å². The Labute approximate surface area is 136 Å². The van der Waals surface area contributed by atoms with E-state index < -0.39 is 0 Å². The summed E-state index contributed by atoms with van der Waals surface area (Å²) in [7, 11) is 0. The van der Waals surface area contributed by atoms with Crippen LogP contribution in [0.2, 0.25) is 0 Å². The molecule has 1 aliphatic rings. The molecule has 1 saturated heterocycles. The van der Waals surface area contributed by atoms with Crippen LogP contribution in [0.3, 0.4) is 0 Å². The van der Waals surface area contributed by atoms with Crippen molar-refractivity contribution in [1.29, 1.82) is 0 Å². The molecule has 1 fully saturated rings. The second-order valence-corrected chi connectivity index (χ2v) is 6.30. The SMILES string of the molecule is CCSCc1ccc(C(=O)NCC2CNCC2O)cc1.Cl. The third-order valence-electron chi connectivity index (χ3n) is 3.52. The molecule has 0 radical (unpaired) electrons. The first-order chi connectivity index (χ1) is 9.70. The maximum Gasteiger partial charge on any atom is 0.251 e. The van der Waals surface area contributed by atoms with Crippen LogP contribution in [0.4, 0.5) is 0 Å². The van der Waals surface area contributed by atoms with E-state index in [1.54, 1.807) is 0 Å². The number of hydrogen-bond donors (Lipinski definition) is 3. The van der Waals surface area contributed by atoms with Gasteiger partial charge in [-0.25, -0.2) is 0 Å². The lowest BCUT2D eigenvalue weighted by atomic mass is 10.1. The van der Waals surface area contributed by atoms with E-state index in [0.717, 1.165) is 18.1 Å². The quantitative estimate of drug-likeness (QED) is 0.742. The van der Waals surface area contributed by atoms with Crippen LogP contribution in [0.5, 0.6) is 0 Å². The molecule has 1 amide bonds. The molecule has 2 atom stereocenters. The van der Waals surface area contributed by atoms with Crippen molar-refractivity contribution in [2.45, 2.75) is 18.8 Å². The molecular formula is C15H23ClN2O2S. The Kier molecular flexibility index (Phi) is 8.11. The summed E-state index contributed by atoms with van der Waals surface area (Å²) in [5.74, 6) is 2.12. The number of aliphatic hydroxyl groups is 1. The third-order valence-corrected chi connectivity index (χ3v) is 4.46. The molecule has 0 aromatic heterocycles. The van der Waals surface area contributed by atoms with Crippen LogP contribution in [0, 0.1) is 5.92 Å². The fourth-order valence-corrected chi connectivity index (χ4v) is 2.86. The van der Waals surface area contributed by atoms with Gasteiger partial charge in [0.15, 0.2) is 0 Å². The standard InChI is InChI=1S/C15H22N2O2S.ClH/c1-2-20-10-11-3-5-12(6-4-11)15(19)17-8-13-7-16-9-14(13)18;/h3-6,13-14,16,18H,2,7-10H2,1H3,(H,17,19);1H. The van der Waals surface area contributed by atoms with Crippen LogP contribution >= 0.6 is 24.2 Å². The molecule has 1 heterocycles. The number of benzene rings is 1. The zero-order chi connectivity index (χ0) is 14.4. The van der Waals surface area contributed by atoms with Gasteiger partial charge in [-0.3, -0.25) is 4.79 Å². The van der Waals surface area contributed by atoms with Crippen molar-refractivity contribution in [2.24, 2.45) is 5.92 Å². The molecule has 0 aliphatic carbocycles. The van der Waals surface area contributed by atoms with Gasteiger partial charge in [0.1, 0.15) is 0 Å². The summed E-state index contributed by atoms with van der Waals surface area (Å²) in [6, 6.07) is 7.74. The number of nitrogens with one attached hydrogen (secondary N) is 2. The van der Waals surface area contributed by atoms with Crippen molar-refractivity contribution in [2.75, 3.05) is 25.4 Å². The van der Waals surface area contributed by atoms with Crippen molar-refractivity contribution in [3.05, 3.63) is 35.4 Å². The number of carbonyl (C=O) groups excluding carboxylic acids is 1. The summed E-state index contributed by atoms with van der Waals surface area (Å²) < 4.78 is 0. The minimum absolute atomic E-state index is 0. The minimum atomic E-state index is -0.358. The number of thioether (sulfide) groups is 1. The van der Waals surface area contributed by atoms with Gasteiger partial charge >= 0.3 is 0 Å². The van der Waals surface area contributed by atoms with Crippen LogP contribution in [0.1, 0.15) is 22.8 Å². The zero-order valence-corrected chi connectivity index (χ0v) is 13.8. The van der Waals surface area contributed by atoms with Gasteiger partial charge in [-0.1, -0.05) is 19.1 Å². The van der Waals surface area contributed by atoms with Gasteiger partial charge in [0, 0.05) is 36.9 Å². The Morgan fingerprint density at radius 1 is 1.38 bits per heavy atom. The van der Waals surface area contributed by atoms with Crippen LogP contribution in [-0.4, -0.2) is 42.5 Å². The molecule has 0 saturated carbocycles. The molecule has 2 unspecified atom stereocenters. The summed E-state index contributed by atoms with van der Waals surface area (Å²) in [4.78, 5) is 12.0. The van der Waals surface area contributed by atoms with Gasteiger partial charge in [-0.05, 0) is 23.4 Å². The molecule has 2 rings (SSSR count). The smallest absolute Gasteiger partial charge is 0.251 e. The minimum Gasteiger partial charge on any atom is -0.391 e. The van der Waals surface area contributed by atoms with E-state index in [1.165, 1.54) is 5.56 Å². The molecule has 1 aromatic rings. The fourth-order valence-electron chi connectivity index (χ4n) is 2.23. The highest BCUT2D eigenvalue weighted by atomic mass is 35.5. The van der Waals surface area contributed by atoms with Gasteiger partial charge in [0.25, 0.3) is 5.91 Å². The molecule has 118 valence electrons. The molecule has 3 N–H and O–H groups in total. The number of amides is 1. The first-order valence-electron chi connectivity index (χ1n) is 7.04. The van der Waals surface area contributed by atoms with E-state index in [2.05, 4.69) is 17.6 Å². The van der Waals surface area contributed by atoms with Gasteiger partial charge in [-0.2, -0.15) is 11.8 Å². The Morgan fingerprint density at radius 3 is 2.67 bits per heavy atom. The van der Waals surface area contributed by atoms with Crippen molar-refractivity contribution < 1.29 is 9.90 Å². The average molecular weight is 331 g/mol. The van der Waals surface area contributed by atoms with Crippen molar-refractivity contribution in [3.8, 4) is 0 Å². The van der Waals surface area contributed by atoms with E-state index in [-0.39, 0.29) is 30.3 Å². The third kappa shape index (κ3) is 5.51. The second kappa shape index (κ2) is 9.30. The average Bonchev–Trinajstić information content (AvgIpc) is 2.88. The van der Waals surface area contributed by atoms with Gasteiger partial charge in [0.2, 0.25) is 0 Å². The fraction of sp³-hybridized carbons (Fsp3) is 0.533. The molecular weight excluding hydrogens is 308 g/mol. The van der Waals surface area contributed by atoms with Crippen molar-refractivity contribution in [3.63, 3.8) is 0 Å². The van der Waals surface area contributed by atoms with E-state index >= 15 is 0 Å². The molecule has 1 aliphatic heterocycles. The van der Waals surface area contributed by atoms with Crippen LogP contribution < -0.4 is 10.6 Å². The highest BCUT2D eigenvalue weighted by Gasteiger charge is 2.25. The normalized spacial score (nSPS) is 20.9. The number of aliphatic hydroxyl groups excluding tert-OH is 1. The van der Waals surface area contributed by atoms with Gasteiger partial charge < -0.3 is 15.7 Å². The topological polar surface area (TPSA) is 61.4 Å². The maximum absolute atomic E-state index is 12.0. The van der Waals surface area contributed by atoms with E-state index in [9.17, 15) is 9.90 Å². The lowest BCUT2D eigenvalue weighted by Crippen LogP contribution is -2.34. The number of carbonyl (C=O) groups is 1. The summed E-state index contributed by atoms with van der Waals surface area (Å²) in [5, 5.41) is 15.7. The monoisotopic (exact) mass is 330 g/mol. The lowest BCUT2D eigenvalue weighted by Gasteiger charge is -2.14. The Hall–Kier alpha value is -0.750. The molecule has 1 aromatic carbocycles. The first kappa shape index (κ1) is 18.3. The van der Waals surface area contributed by atoms with E-state index in [1.807, 2.05) is 36.0 Å². The Bertz CT molecular complexity index is 442. The van der Waals surface area contributed by atoms with Crippen LogP contribution in [0.15, 0.2) is 24.3 Å². The van der Waals surface area contributed by atoms with Gasteiger partial charge in [0.05, 0.1) is 6.10 Å². The highest BCUT2D eigenvalue weighted by molar-refractivity contribution is 7.98. The predicted octanol–water partition coefficient (Wildman–Crippen LogP) is 1.67. The maximum atomic E-state index is 12.0. The summed E-state index contributed by atoms with van der Waals surface area (Å²) >= 11 is 1.87. The summed E-state index contributed by atoms with van der Waals surface area (Å²) in [5.41, 5.74) is 1.92. The Morgan fingerprint density at radius 2 is 2.10 bits per heavy atom. The van der Waals surface area contributed by atoms with Crippen LogP contribution in [0.25, 0.3) is 0 Å². The predicted molar refractivity (Wildman–Crippen MR) is 90.2 cm³/mol. The zero-order valence-electron chi connectivity index (χ0n) is 12.2. The molecule has 4 nitrogen and oxygen atoms in total. The first-order valence-corrected chi connectivity index (χ1v) is 8.20. The number of hydrogen-bond acceptors (Lipinski definition) is 4. The lowest BCUT2D eigenvalue weighted by molar-refractivity contribution is 0.0927. The summed E-state index contributed by atoms with van der Waals surface area (Å²) in [6.45, 7) is 4.03. The van der Waals surface area contributed by atoms with E-state index in [4.69, 9.17) is 0 Å². The molecule has 0 bridgehead atoms.